The predicted octanol–water partition coefficient (Wildman–Crippen LogP) is 2.72. The molecule has 0 atom stereocenters. The fourth-order valence-electron chi connectivity index (χ4n) is 2.50. The molecular weight excluding hydrogens is 273 g/mol. The Balaban J connectivity index is 2.10. The molecule has 0 aliphatic carbocycles. The van der Waals surface area contributed by atoms with E-state index in [1.54, 1.807) is 6.20 Å². The second-order valence-electron chi connectivity index (χ2n) is 5.60. The SMILES string of the molecule is CC1(C)OB(O)C(c2ccccn2)=C1C#Cc1ccccc1. The summed E-state index contributed by atoms with van der Waals surface area (Å²) in [7, 11) is -1.01. The molecule has 1 aliphatic heterocycles. The van der Waals surface area contributed by atoms with Crippen molar-refractivity contribution in [2.75, 3.05) is 0 Å². The molecule has 0 saturated carbocycles. The molecule has 22 heavy (non-hydrogen) atoms. The van der Waals surface area contributed by atoms with E-state index in [4.69, 9.17) is 4.65 Å². The fraction of sp³-hybridized carbons (Fsp3) is 0.167. The smallest absolute Gasteiger partial charge is 0.423 e. The zero-order valence-corrected chi connectivity index (χ0v) is 12.6. The summed E-state index contributed by atoms with van der Waals surface area (Å²) < 4.78 is 5.66. The minimum absolute atomic E-state index is 0.645. The maximum Gasteiger partial charge on any atom is 0.495 e. The minimum atomic E-state index is -1.01. The van der Waals surface area contributed by atoms with Crippen LogP contribution in [0.15, 0.2) is 60.3 Å². The highest BCUT2D eigenvalue weighted by Crippen LogP contribution is 2.37. The largest absolute Gasteiger partial charge is 0.495 e. The van der Waals surface area contributed by atoms with Crippen molar-refractivity contribution in [3.8, 4) is 11.8 Å². The van der Waals surface area contributed by atoms with Crippen LogP contribution in [-0.2, 0) is 4.65 Å². The lowest BCUT2D eigenvalue weighted by Crippen LogP contribution is -2.26. The predicted molar refractivity (Wildman–Crippen MR) is 87.6 cm³/mol. The van der Waals surface area contributed by atoms with Gasteiger partial charge in [0.2, 0.25) is 0 Å². The molecule has 1 aliphatic rings. The van der Waals surface area contributed by atoms with Crippen LogP contribution in [0.1, 0.15) is 25.1 Å². The third-order valence-corrected chi connectivity index (χ3v) is 3.57. The lowest BCUT2D eigenvalue weighted by molar-refractivity contribution is 0.141. The fourth-order valence-corrected chi connectivity index (χ4v) is 2.50. The average Bonchev–Trinajstić information content (AvgIpc) is 2.75. The number of aromatic nitrogens is 1. The van der Waals surface area contributed by atoms with Gasteiger partial charge < -0.3 is 9.68 Å². The Morgan fingerprint density at radius 2 is 1.77 bits per heavy atom. The van der Waals surface area contributed by atoms with Gasteiger partial charge in [-0.25, -0.2) is 0 Å². The second kappa shape index (κ2) is 5.80. The lowest BCUT2D eigenvalue weighted by Gasteiger charge is -2.19. The lowest BCUT2D eigenvalue weighted by atomic mass is 9.75. The molecule has 0 amide bonds. The first kappa shape index (κ1) is 14.6. The Hall–Kier alpha value is -2.35. The van der Waals surface area contributed by atoms with Gasteiger partial charge in [-0.3, -0.25) is 4.98 Å². The second-order valence-corrected chi connectivity index (χ2v) is 5.60. The van der Waals surface area contributed by atoms with Crippen molar-refractivity contribution in [1.29, 1.82) is 0 Å². The van der Waals surface area contributed by atoms with Gasteiger partial charge in [0, 0.05) is 22.8 Å². The first-order valence-corrected chi connectivity index (χ1v) is 7.17. The van der Waals surface area contributed by atoms with E-state index in [0.717, 1.165) is 11.1 Å². The van der Waals surface area contributed by atoms with Gasteiger partial charge in [-0.2, -0.15) is 0 Å². The van der Waals surface area contributed by atoms with Gasteiger partial charge in [-0.05, 0) is 38.1 Å². The molecule has 1 N–H and O–H groups in total. The molecule has 3 rings (SSSR count). The molecule has 0 unspecified atom stereocenters. The zero-order valence-electron chi connectivity index (χ0n) is 12.6. The van der Waals surface area contributed by atoms with Gasteiger partial charge in [-0.1, -0.05) is 36.1 Å². The summed E-state index contributed by atoms with van der Waals surface area (Å²) in [6, 6.07) is 15.3. The molecule has 0 saturated heterocycles. The number of nitrogens with zero attached hydrogens (tertiary/aromatic N) is 1. The molecule has 1 aromatic carbocycles. The maximum atomic E-state index is 10.3. The number of benzene rings is 1. The highest BCUT2D eigenvalue weighted by molar-refractivity contribution is 6.68. The van der Waals surface area contributed by atoms with Crippen LogP contribution in [0.3, 0.4) is 0 Å². The summed E-state index contributed by atoms with van der Waals surface area (Å²) in [6.07, 6.45) is 1.70. The van der Waals surface area contributed by atoms with Crippen molar-refractivity contribution in [3.63, 3.8) is 0 Å². The van der Waals surface area contributed by atoms with Crippen molar-refractivity contribution in [2.24, 2.45) is 0 Å². The van der Waals surface area contributed by atoms with Gasteiger partial charge in [0.1, 0.15) is 0 Å². The number of pyridine rings is 1. The van der Waals surface area contributed by atoms with E-state index in [0.29, 0.717) is 11.2 Å². The molecule has 2 heterocycles. The van der Waals surface area contributed by atoms with Gasteiger partial charge in [0.05, 0.1) is 11.3 Å². The van der Waals surface area contributed by atoms with Crippen molar-refractivity contribution < 1.29 is 9.68 Å². The Labute approximate surface area is 130 Å². The summed E-state index contributed by atoms with van der Waals surface area (Å²) in [5.74, 6) is 6.31. The van der Waals surface area contributed by atoms with E-state index in [1.165, 1.54) is 0 Å². The first-order valence-electron chi connectivity index (χ1n) is 7.17. The van der Waals surface area contributed by atoms with Crippen LogP contribution >= 0.6 is 0 Å². The Morgan fingerprint density at radius 1 is 1.05 bits per heavy atom. The van der Waals surface area contributed by atoms with Crippen LogP contribution in [0.5, 0.6) is 0 Å². The molecule has 0 fully saturated rings. The zero-order chi connectivity index (χ0) is 15.6. The Kier molecular flexibility index (Phi) is 3.85. The van der Waals surface area contributed by atoms with Crippen molar-refractivity contribution in [2.45, 2.75) is 19.4 Å². The minimum Gasteiger partial charge on any atom is -0.423 e. The topological polar surface area (TPSA) is 42.4 Å². The molecule has 108 valence electrons. The summed E-state index contributed by atoms with van der Waals surface area (Å²) in [5.41, 5.74) is 2.38. The van der Waals surface area contributed by atoms with Gasteiger partial charge >= 0.3 is 7.12 Å². The summed E-state index contributed by atoms with van der Waals surface area (Å²) in [6.45, 7) is 3.81. The summed E-state index contributed by atoms with van der Waals surface area (Å²) in [4.78, 5) is 4.32. The van der Waals surface area contributed by atoms with Crippen LogP contribution in [0.4, 0.5) is 0 Å². The maximum absolute atomic E-state index is 10.3. The van der Waals surface area contributed by atoms with Gasteiger partial charge in [-0.15, -0.1) is 0 Å². The first-order chi connectivity index (χ1) is 10.6. The molecule has 0 spiro atoms. The van der Waals surface area contributed by atoms with Gasteiger partial charge in [0.25, 0.3) is 0 Å². The summed E-state index contributed by atoms with van der Waals surface area (Å²) in [5, 5.41) is 10.3. The molecule has 0 bridgehead atoms. The van der Waals surface area contributed by atoms with Crippen molar-refractivity contribution in [1.82, 2.24) is 4.98 Å². The van der Waals surface area contributed by atoms with E-state index in [-0.39, 0.29) is 0 Å². The summed E-state index contributed by atoms with van der Waals surface area (Å²) >= 11 is 0. The normalized spacial score (nSPS) is 16.4. The van der Waals surface area contributed by atoms with E-state index in [2.05, 4.69) is 16.8 Å². The molecule has 1 aromatic heterocycles. The number of rotatable bonds is 1. The highest BCUT2D eigenvalue weighted by Gasteiger charge is 2.43. The average molecular weight is 289 g/mol. The van der Waals surface area contributed by atoms with E-state index >= 15 is 0 Å². The number of hydrogen-bond donors (Lipinski definition) is 1. The third kappa shape index (κ3) is 2.82. The third-order valence-electron chi connectivity index (χ3n) is 3.57. The van der Waals surface area contributed by atoms with Crippen molar-refractivity contribution >= 4 is 12.6 Å². The molecule has 0 radical (unpaired) electrons. The highest BCUT2D eigenvalue weighted by atomic mass is 16.5. The van der Waals surface area contributed by atoms with Gasteiger partial charge in [0.15, 0.2) is 0 Å². The molecule has 2 aromatic rings. The Morgan fingerprint density at radius 3 is 2.45 bits per heavy atom. The van der Waals surface area contributed by atoms with Crippen LogP contribution < -0.4 is 0 Å². The van der Waals surface area contributed by atoms with Crippen LogP contribution in [0, 0.1) is 11.8 Å². The van der Waals surface area contributed by atoms with E-state index in [9.17, 15) is 5.02 Å². The Bertz CT molecular complexity index is 758. The van der Waals surface area contributed by atoms with E-state index < -0.39 is 12.7 Å². The standard InChI is InChI=1S/C18H16BNO2/c1-18(2)15(12-11-14-8-4-3-5-9-14)17(19(21)22-18)16-10-6-7-13-20-16/h3-10,13,21H,1-2H3. The van der Waals surface area contributed by atoms with Crippen LogP contribution in [0.25, 0.3) is 5.47 Å². The monoisotopic (exact) mass is 289 g/mol. The molecule has 3 nitrogen and oxygen atoms in total. The van der Waals surface area contributed by atoms with E-state index in [1.807, 2.05) is 62.4 Å². The number of hydrogen-bond acceptors (Lipinski definition) is 3. The molecular formula is C18H16BNO2. The quantitative estimate of drug-likeness (QED) is 0.648. The molecule has 4 heteroatoms. The van der Waals surface area contributed by atoms with Crippen LogP contribution in [0.2, 0.25) is 0 Å². The van der Waals surface area contributed by atoms with Crippen LogP contribution in [-0.4, -0.2) is 22.7 Å². The van der Waals surface area contributed by atoms with Crippen molar-refractivity contribution in [3.05, 3.63) is 71.6 Å².